The van der Waals surface area contributed by atoms with E-state index in [1.54, 1.807) is 37.3 Å². The fraction of sp³-hybridized carbons (Fsp3) is 0.467. The molecule has 0 aliphatic carbocycles. The number of hydrogen-bond acceptors (Lipinski definition) is 5. The maximum absolute atomic E-state index is 11.7. The van der Waals surface area contributed by atoms with Crippen molar-refractivity contribution in [2.75, 3.05) is 13.1 Å². The molecule has 0 unspecified atom stereocenters. The van der Waals surface area contributed by atoms with Gasteiger partial charge in [0.15, 0.2) is 0 Å². The molecule has 2 aromatic rings. The molecule has 3 N–H and O–H groups in total. The van der Waals surface area contributed by atoms with Crippen molar-refractivity contribution >= 4 is 17.4 Å². The van der Waals surface area contributed by atoms with Gasteiger partial charge >= 0.3 is 6.03 Å². The number of rotatable bonds is 6. The van der Waals surface area contributed by atoms with Gasteiger partial charge in [0.2, 0.25) is 0 Å². The minimum absolute atomic E-state index is 0.0710. The number of amides is 2. The molecule has 2 amide bonds. The number of aliphatic hydroxyl groups is 1. The van der Waals surface area contributed by atoms with Crippen LogP contribution in [0.5, 0.6) is 0 Å². The van der Waals surface area contributed by atoms with E-state index in [0.717, 1.165) is 16.5 Å². The lowest BCUT2D eigenvalue weighted by atomic mass is 10.0. The number of aromatic nitrogens is 1. The molecule has 0 radical (unpaired) electrons. The molecule has 7 heteroatoms. The van der Waals surface area contributed by atoms with Crippen LogP contribution in [0.25, 0.3) is 0 Å². The molecule has 22 heavy (non-hydrogen) atoms. The summed E-state index contributed by atoms with van der Waals surface area (Å²) in [5, 5.41) is 18.7. The van der Waals surface area contributed by atoms with Crippen LogP contribution in [0.2, 0.25) is 0 Å². The van der Waals surface area contributed by atoms with Gasteiger partial charge in [0.05, 0.1) is 17.2 Å². The van der Waals surface area contributed by atoms with Crippen molar-refractivity contribution in [3.8, 4) is 0 Å². The standard InChI is InChI=1S/C15H21N3O3S/c1-10-4-5-13(21-10)15(3,20)9-17-14(19)16-7-6-12-8-22-11(2)18-12/h4-5,8,20H,6-7,9H2,1-3H3,(H2,16,17,19)/t15-/m0/s1. The number of hydrogen-bond donors (Lipinski definition) is 3. The molecule has 120 valence electrons. The van der Waals surface area contributed by atoms with Gasteiger partial charge < -0.3 is 20.2 Å². The summed E-state index contributed by atoms with van der Waals surface area (Å²) in [6, 6.07) is 3.16. The number of carbonyl (C=O) groups excluding carboxylic acids is 1. The van der Waals surface area contributed by atoms with Crippen LogP contribution in [0, 0.1) is 13.8 Å². The van der Waals surface area contributed by atoms with E-state index in [-0.39, 0.29) is 12.6 Å². The molecule has 0 aliphatic rings. The summed E-state index contributed by atoms with van der Waals surface area (Å²) < 4.78 is 5.39. The molecule has 0 saturated carbocycles. The van der Waals surface area contributed by atoms with Crippen LogP contribution < -0.4 is 10.6 Å². The normalized spacial score (nSPS) is 13.6. The van der Waals surface area contributed by atoms with Crippen molar-refractivity contribution in [1.82, 2.24) is 15.6 Å². The Balaban J connectivity index is 1.73. The van der Waals surface area contributed by atoms with Gasteiger partial charge in [-0.1, -0.05) is 0 Å². The smallest absolute Gasteiger partial charge is 0.314 e. The van der Waals surface area contributed by atoms with E-state index in [1.807, 2.05) is 12.3 Å². The Morgan fingerprint density at radius 1 is 1.41 bits per heavy atom. The van der Waals surface area contributed by atoms with Gasteiger partial charge in [0.1, 0.15) is 17.1 Å². The number of furan rings is 1. The summed E-state index contributed by atoms with van der Waals surface area (Å²) in [4.78, 5) is 16.1. The van der Waals surface area contributed by atoms with E-state index in [1.165, 1.54) is 0 Å². The number of thiazole rings is 1. The van der Waals surface area contributed by atoms with Crippen LogP contribution in [0.15, 0.2) is 21.9 Å². The highest BCUT2D eigenvalue weighted by Crippen LogP contribution is 2.21. The van der Waals surface area contributed by atoms with Crippen molar-refractivity contribution in [3.63, 3.8) is 0 Å². The Kier molecular flexibility index (Phi) is 5.20. The van der Waals surface area contributed by atoms with E-state index in [4.69, 9.17) is 4.42 Å². The lowest BCUT2D eigenvalue weighted by Crippen LogP contribution is -2.43. The first kappa shape index (κ1) is 16.5. The second-order valence-corrected chi connectivity index (χ2v) is 6.46. The predicted octanol–water partition coefficient (Wildman–Crippen LogP) is 2.10. The Bertz CT molecular complexity index is 634. The van der Waals surface area contributed by atoms with Gasteiger partial charge in [0.25, 0.3) is 0 Å². The highest BCUT2D eigenvalue weighted by Gasteiger charge is 2.27. The third-order valence-corrected chi connectivity index (χ3v) is 4.02. The van der Waals surface area contributed by atoms with E-state index < -0.39 is 5.60 Å². The van der Waals surface area contributed by atoms with Gasteiger partial charge in [-0.15, -0.1) is 11.3 Å². The SMILES string of the molecule is Cc1ccc([C@@](C)(O)CNC(=O)NCCc2csc(C)n2)o1. The second kappa shape index (κ2) is 6.93. The molecule has 1 atom stereocenters. The van der Waals surface area contributed by atoms with Crippen LogP contribution in [-0.4, -0.2) is 29.2 Å². The van der Waals surface area contributed by atoms with Crippen molar-refractivity contribution in [2.24, 2.45) is 0 Å². The summed E-state index contributed by atoms with van der Waals surface area (Å²) in [7, 11) is 0. The van der Waals surface area contributed by atoms with Gasteiger partial charge in [-0.3, -0.25) is 0 Å². The third kappa shape index (κ3) is 4.57. The van der Waals surface area contributed by atoms with E-state index in [2.05, 4.69) is 15.6 Å². The molecule has 0 saturated heterocycles. The van der Waals surface area contributed by atoms with E-state index >= 15 is 0 Å². The van der Waals surface area contributed by atoms with Crippen molar-refractivity contribution in [3.05, 3.63) is 39.7 Å². The van der Waals surface area contributed by atoms with Gasteiger partial charge in [-0.2, -0.15) is 0 Å². The Morgan fingerprint density at radius 2 is 2.18 bits per heavy atom. The minimum Gasteiger partial charge on any atom is -0.463 e. The first-order chi connectivity index (χ1) is 10.4. The molecule has 0 aliphatic heterocycles. The monoisotopic (exact) mass is 323 g/mol. The van der Waals surface area contributed by atoms with Gasteiger partial charge in [-0.25, -0.2) is 9.78 Å². The summed E-state index contributed by atoms with van der Waals surface area (Å²) in [6.07, 6.45) is 0.686. The zero-order valence-corrected chi connectivity index (χ0v) is 13.8. The van der Waals surface area contributed by atoms with Crippen molar-refractivity contribution in [1.29, 1.82) is 0 Å². The van der Waals surface area contributed by atoms with Crippen LogP contribution >= 0.6 is 11.3 Å². The molecule has 0 aromatic carbocycles. The van der Waals surface area contributed by atoms with Crippen molar-refractivity contribution < 1.29 is 14.3 Å². The molecule has 2 heterocycles. The number of aryl methyl sites for hydroxylation is 2. The molecule has 0 fully saturated rings. The Hall–Kier alpha value is -1.86. The lowest BCUT2D eigenvalue weighted by molar-refractivity contribution is 0.0360. The molecule has 0 spiro atoms. The number of nitrogens with zero attached hydrogens (tertiary/aromatic N) is 1. The molecular formula is C15H21N3O3S. The van der Waals surface area contributed by atoms with Crippen LogP contribution in [0.4, 0.5) is 4.79 Å². The third-order valence-electron chi connectivity index (χ3n) is 3.20. The summed E-state index contributed by atoms with van der Waals surface area (Å²) in [5.41, 5.74) is -0.265. The fourth-order valence-corrected chi connectivity index (χ4v) is 2.60. The topological polar surface area (TPSA) is 87.4 Å². The largest absolute Gasteiger partial charge is 0.463 e. The molecular weight excluding hydrogens is 302 g/mol. The van der Waals surface area contributed by atoms with Crippen LogP contribution in [0.1, 0.15) is 29.1 Å². The average Bonchev–Trinajstić information content (AvgIpc) is 3.06. The zero-order chi connectivity index (χ0) is 16.2. The lowest BCUT2D eigenvalue weighted by Gasteiger charge is -2.21. The van der Waals surface area contributed by atoms with E-state index in [0.29, 0.717) is 18.7 Å². The second-order valence-electron chi connectivity index (χ2n) is 5.40. The minimum atomic E-state index is -1.24. The highest BCUT2D eigenvalue weighted by molar-refractivity contribution is 7.09. The highest BCUT2D eigenvalue weighted by atomic mass is 32.1. The summed E-state index contributed by atoms with van der Waals surface area (Å²) in [6.45, 7) is 5.93. The average molecular weight is 323 g/mol. The first-order valence-electron chi connectivity index (χ1n) is 7.09. The zero-order valence-electron chi connectivity index (χ0n) is 13.0. The Labute approximate surface area is 133 Å². The molecule has 2 aromatic heterocycles. The molecule has 0 bridgehead atoms. The fourth-order valence-electron chi connectivity index (χ4n) is 1.95. The first-order valence-corrected chi connectivity index (χ1v) is 7.97. The van der Waals surface area contributed by atoms with Crippen LogP contribution in [-0.2, 0) is 12.0 Å². The van der Waals surface area contributed by atoms with E-state index in [9.17, 15) is 9.90 Å². The van der Waals surface area contributed by atoms with Gasteiger partial charge in [-0.05, 0) is 32.9 Å². The maximum atomic E-state index is 11.7. The van der Waals surface area contributed by atoms with Crippen molar-refractivity contribution in [2.45, 2.75) is 32.8 Å². The van der Waals surface area contributed by atoms with Gasteiger partial charge in [0, 0.05) is 18.3 Å². The molecule has 2 rings (SSSR count). The number of urea groups is 1. The predicted molar refractivity (Wildman–Crippen MR) is 85.0 cm³/mol. The summed E-state index contributed by atoms with van der Waals surface area (Å²) in [5.74, 6) is 1.15. The summed E-state index contributed by atoms with van der Waals surface area (Å²) >= 11 is 1.59. The quantitative estimate of drug-likeness (QED) is 0.760. The number of nitrogens with one attached hydrogen (secondary N) is 2. The molecule has 6 nitrogen and oxygen atoms in total. The Morgan fingerprint density at radius 3 is 2.77 bits per heavy atom. The van der Waals surface area contributed by atoms with Crippen LogP contribution in [0.3, 0.4) is 0 Å². The maximum Gasteiger partial charge on any atom is 0.314 e. The number of carbonyl (C=O) groups is 1.